The minimum absolute atomic E-state index is 0. The Morgan fingerprint density at radius 2 is 1.19 bits per heavy atom. The number of carbonyl (C=O) groups is 3. The second kappa shape index (κ2) is 28.7. The summed E-state index contributed by atoms with van der Waals surface area (Å²) >= 11 is 0. The highest BCUT2D eigenvalue weighted by molar-refractivity contribution is 6.60. The van der Waals surface area contributed by atoms with E-state index in [1.165, 1.54) is 0 Å². The number of aliphatic hydroxyl groups excluding tert-OH is 1. The smallest absolute Gasteiger partial charge is 0.423 e. The van der Waals surface area contributed by atoms with Gasteiger partial charge in [0, 0.05) is 68.5 Å². The van der Waals surface area contributed by atoms with Crippen LogP contribution in [0.5, 0.6) is 0 Å². The molecule has 16 heteroatoms. The van der Waals surface area contributed by atoms with Crippen molar-refractivity contribution in [2.75, 3.05) is 56.5 Å². The van der Waals surface area contributed by atoms with Gasteiger partial charge < -0.3 is 45.1 Å². The third kappa shape index (κ3) is 15.2. The van der Waals surface area contributed by atoms with Gasteiger partial charge in [-0.2, -0.15) is 9.97 Å². The Balaban J connectivity index is 0.000000343. The van der Waals surface area contributed by atoms with Crippen molar-refractivity contribution in [1.29, 1.82) is 0 Å². The van der Waals surface area contributed by atoms with Crippen molar-refractivity contribution in [3.05, 3.63) is 132 Å². The zero-order valence-corrected chi connectivity index (χ0v) is 41.2. The van der Waals surface area contributed by atoms with Gasteiger partial charge in [-0.05, 0) is 108 Å². The molecule has 4 aromatic carbocycles. The first kappa shape index (κ1) is 56.7. The average Bonchev–Trinajstić information content (AvgIpc) is 3.81. The highest BCUT2D eigenvalue weighted by atomic mass is 16.4. The zero-order chi connectivity index (χ0) is 49.8. The van der Waals surface area contributed by atoms with Crippen LogP contribution in [0.3, 0.4) is 0 Å². The van der Waals surface area contributed by atoms with Crippen LogP contribution < -0.4 is 16.1 Å². The van der Waals surface area contributed by atoms with Gasteiger partial charge in [0.2, 0.25) is 5.95 Å². The van der Waals surface area contributed by atoms with Crippen molar-refractivity contribution < 1.29 is 29.5 Å². The molecule has 0 unspecified atom stereocenters. The number of amides is 3. The Morgan fingerprint density at radius 3 is 1.72 bits per heavy atom. The summed E-state index contributed by atoms with van der Waals surface area (Å²) in [6.07, 6.45) is 2.54. The van der Waals surface area contributed by atoms with E-state index in [-0.39, 0.29) is 49.3 Å². The number of rotatable bonds is 19. The van der Waals surface area contributed by atoms with Gasteiger partial charge >= 0.3 is 7.12 Å². The van der Waals surface area contributed by atoms with Crippen molar-refractivity contribution in [1.82, 2.24) is 34.2 Å². The van der Waals surface area contributed by atoms with Crippen LogP contribution in [-0.4, -0.2) is 126 Å². The Kier molecular flexibility index (Phi) is 23.5. The predicted octanol–water partition coefficient (Wildman–Crippen LogP) is 8.00. The van der Waals surface area contributed by atoms with E-state index < -0.39 is 7.12 Å². The molecular formula is C53H74BN9O6. The molecule has 2 aromatic heterocycles. The molecule has 0 bridgehead atoms. The maximum absolute atomic E-state index is 13.1. The molecule has 6 rings (SSSR count). The summed E-state index contributed by atoms with van der Waals surface area (Å²) in [6, 6.07) is 32.0. The highest BCUT2D eigenvalue weighted by Crippen LogP contribution is 2.27. The number of hydrogen-bond donors (Lipinski definition) is 5. The van der Waals surface area contributed by atoms with Gasteiger partial charge in [-0.3, -0.25) is 14.4 Å². The molecule has 0 fully saturated rings. The fourth-order valence-corrected chi connectivity index (χ4v) is 7.40. The van der Waals surface area contributed by atoms with Gasteiger partial charge in [-0.15, -0.1) is 0 Å². The van der Waals surface area contributed by atoms with E-state index >= 15 is 0 Å². The maximum atomic E-state index is 13.1. The number of nitrogens with one attached hydrogen (secondary N) is 2. The summed E-state index contributed by atoms with van der Waals surface area (Å²) < 4.78 is 2.01. The van der Waals surface area contributed by atoms with Crippen LogP contribution in [0.1, 0.15) is 119 Å². The first-order valence-electron chi connectivity index (χ1n) is 23.7. The third-order valence-electron chi connectivity index (χ3n) is 11.5. The fourth-order valence-electron chi connectivity index (χ4n) is 7.40. The first-order chi connectivity index (χ1) is 32.8. The Bertz CT molecular complexity index is 2490. The molecule has 69 heavy (non-hydrogen) atoms. The molecule has 0 saturated carbocycles. The Labute approximate surface area is 409 Å². The quantitative estimate of drug-likeness (QED) is 0.0495. The molecule has 2 heterocycles. The standard InChI is InChI=1S/C30H39N7O2.C11H16BNO3.C11H15NO.CH4/c1-6-23(18-38)33-30-34-27(26-28(35-30)37(19-32-26)20(4)5)31-17-21-13-15-22(16-14-21)24-11-9-10-12-25(24)29(39)36(7-2)8-3;1-3-13(4-2)11(14)9-7-5-6-8-10(9)12(15)16;1-3-12(4-2)11(13)10-8-6-5-7-9-10;/h9-16,19-20,23,38H,6-8,17-18H2,1-5H3,(H2,31,33,34,35);5-8,15-16H,3-4H2,1-2H3;5-9H,3-4H2,1-2H3;1H4/t23-;;;/m1.../s1. The van der Waals surface area contributed by atoms with Gasteiger partial charge in [-0.1, -0.05) is 93.2 Å². The molecule has 0 spiro atoms. The number of nitrogens with zero attached hydrogens (tertiary/aromatic N) is 7. The van der Waals surface area contributed by atoms with Crippen LogP contribution in [0.2, 0.25) is 0 Å². The monoisotopic (exact) mass is 944 g/mol. The highest BCUT2D eigenvalue weighted by Gasteiger charge is 2.23. The number of aliphatic hydroxyl groups is 1. The van der Waals surface area contributed by atoms with E-state index in [1.54, 1.807) is 35.5 Å². The fraction of sp³-hybridized carbons (Fsp3) is 0.396. The zero-order valence-electron chi connectivity index (χ0n) is 41.2. The number of aromatic nitrogens is 4. The molecule has 0 aliphatic carbocycles. The van der Waals surface area contributed by atoms with Crippen LogP contribution in [0, 0.1) is 0 Å². The molecule has 0 aliphatic rings. The van der Waals surface area contributed by atoms with E-state index in [1.807, 2.05) is 117 Å². The lowest BCUT2D eigenvalue weighted by Gasteiger charge is -2.20. The van der Waals surface area contributed by atoms with Crippen LogP contribution in [0.25, 0.3) is 22.3 Å². The summed E-state index contributed by atoms with van der Waals surface area (Å²) in [5.74, 6) is 1.08. The Morgan fingerprint density at radius 1 is 0.667 bits per heavy atom. The minimum Gasteiger partial charge on any atom is -0.423 e. The lowest BCUT2D eigenvalue weighted by Crippen LogP contribution is -2.40. The van der Waals surface area contributed by atoms with Gasteiger partial charge in [0.25, 0.3) is 17.7 Å². The predicted molar refractivity (Wildman–Crippen MR) is 281 cm³/mol. The molecule has 0 saturated heterocycles. The van der Waals surface area contributed by atoms with Gasteiger partial charge in [0.15, 0.2) is 17.0 Å². The molecule has 3 amide bonds. The lowest BCUT2D eigenvalue weighted by molar-refractivity contribution is 0.0765. The van der Waals surface area contributed by atoms with Crippen LogP contribution in [-0.2, 0) is 6.54 Å². The molecule has 0 radical (unpaired) electrons. The van der Waals surface area contributed by atoms with E-state index in [4.69, 9.17) is 20.0 Å². The lowest BCUT2D eigenvalue weighted by atomic mass is 9.77. The number of fused-ring (bicyclic) bond motifs is 1. The summed E-state index contributed by atoms with van der Waals surface area (Å²) in [5.41, 5.74) is 6.51. The largest absolute Gasteiger partial charge is 0.489 e. The molecular weight excluding hydrogens is 869 g/mol. The molecule has 5 N–H and O–H groups in total. The van der Waals surface area contributed by atoms with E-state index in [0.717, 1.165) is 47.4 Å². The molecule has 370 valence electrons. The van der Waals surface area contributed by atoms with Gasteiger partial charge in [0.1, 0.15) is 0 Å². The van der Waals surface area contributed by atoms with Crippen LogP contribution >= 0.6 is 0 Å². The molecule has 0 aliphatic heterocycles. The number of hydrogen-bond acceptors (Lipinski definition) is 11. The normalized spacial score (nSPS) is 11.0. The van der Waals surface area contributed by atoms with Gasteiger partial charge in [-0.25, -0.2) is 4.98 Å². The second-order valence-electron chi connectivity index (χ2n) is 16.1. The van der Waals surface area contributed by atoms with Crippen molar-refractivity contribution in [3.8, 4) is 11.1 Å². The van der Waals surface area contributed by atoms with Crippen LogP contribution in [0.15, 0.2) is 109 Å². The third-order valence-corrected chi connectivity index (χ3v) is 11.5. The number of benzene rings is 4. The van der Waals surface area contributed by atoms with Crippen LogP contribution in [0.4, 0.5) is 11.8 Å². The second-order valence-corrected chi connectivity index (χ2v) is 16.1. The number of imidazole rings is 1. The first-order valence-corrected chi connectivity index (χ1v) is 23.7. The molecule has 6 aromatic rings. The Hall–Kier alpha value is -6.62. The van der Waals surface area contributed by atoms with Crippen molar-refractivity contribution in [2.45, 2.75) is 94.8 Å². The topological polar surface area (TPSA) is 189 Å². The minimum atomic E-state index is -1.62. The summed E-state index contributed by atoms with van der Waals surface area (Å²) in [4.78, 5) is 56.1. The van der Waals surface area contributed by atoms with E-state index in [2.05, 4.69) is 53.7 Å². The SMILES string of the molecule is C.CCN(CC)C(=O)c1ccccc1.CCN(CC)C(=O)c1ccccc1B(O)O.CC[C@H](CO)Nc1nc(NCc2ccc(-c3ccccc3C(=O)N(CC)CC)cc2)c2ncn(C(C)C)c2n1. The van der Waals surface area contributed by atoms with E-state index in [9.17, 15) is 19.5 Å². The van der Waals surface area contributed by atoms with Crippen molar-refractivity contribution in [3.63, 3.8) is 0 Å². The van der Waals surface area contributed by atoms with Crippen molar-refractivity contribution in [2.24, 2.45) is 0 Å². The average molecular weight is 944 g/mol. The summed E-state index contributed by atoms with van der Waals surface area (Å²) in [7, 11) is -1.62. The number of carbonyl (C=O) groups excluding carboxylic acids is 3. The molecule has 15 nitrogen and oxygen atoms in total. The maximum Gasteiger partial charge on any atom is 0.489 e. The van der Waals surface area contributed by atoms with Gasteiger partial charge in [0.05, 0.1) is 19.0 Å². The summed E-state index contributed by atoms with van der Waals surface area (Å²) in [5, 5.41) is 34.7. The number of anilines is 2. The van der Waals surface area contributed by atoms with E-state index in [0.29, 0.717) is 61.1 Å². The molecule has 1 atom stereocenters. The van der Waals surface area contributed by atoms with Crippen molar-refractivity contribution >= 4 is 53.2 Å². The summed E-state index contributed by atoms with van der Waals surface area (Å²) in [6.45, 7) is 22.6.